The maximum atomic E-state index is 6.15. The van der Waals surface area contributed by atoms with Crippen LogP contribution in [0.25, 0.3) is 0 Å². The predicted molar refractivity (Wildman–Crippen MR) is 77.3 cm³/mol. The molecule has 2 aromatic carbocycles. The molecule has 2 N–H and O–H groups in total. The van der Waals surface area contributed by atoms with Gasteiger partial charge in [-0.25, -0.2) is 0 Å². The third-order valence-corrected chi connectivity index (χ3v) is 3.81. The van der Waals surface area contributed by atoms with E-state index in [-0.39, 0.29) is 6.10 Å². The molecule has 0 aromatic heterocycles. The summed E-state index contributed by atoms with van der Waals surface area (Å²) in [7, 11) is 0. The fourth-order valence-electron chi connectivity index (χ4n) is 2.86. The Balaban J connectivity index is 1.92. The van der Waals surface area contributed by atoms with Crippen molar-refractivity contribution in [2.24, 2.45) is 5.73 Å². The highest BCUT2D eigenvalue weighted by Crippen LogP contribution is 2.43. The van der Waals surface area contributed by atoms with E-state index in [0.29, 0.717) is 5.92 Å². The quantitative estimate of drug-likeness (QED) is 0.906. The Kier molecular flexibility index (Phi) is 3.51. The van der Waals surface area contributed by atoms with Crippen molar-refractivity contribution in [1.82, 2.24) is 0 Å². The van der Waals surface area contributed by atoms with Crippen LogP contribution in [0.2, 0.25) is 0 Å². The van der Waals surface area contributed by atoms with Gasteiger partial charge in [-0.05, 0) is 42.5 Å². The third kappa shape index (κ3) is 2.49. The number of hydrogen-bond acceptors (Lipinski definition) is 2. The summed E-state index contributed by atoms with van der Waals surface area (Å²) in [5.41, 5.74) is 8.31. The van der Waals surface area contributed by atoms with E-state index in [0.717, 1.165) is 25.1 Å². The van der Waals surface area contributed by atoms with Gasteiger partial charge in [-0.15, -0.1) is 0 Å². The summed E-state index contributed by atoms with van der Waals surface area (Å²) in [4.78, 5) is 0. The van der Waals surface area contributed by atoms with Crippen LogP contribution < -0.4 is 10.5 Å². The number of ether oxygens (including phenoxy) is 1. The van der Waals surface area contributed by atoms with E-state index >= 15 is 0 Å². The summed E-state index contributed by atoms with van der Waals surface area (Å²) in [5.74, 6) is 1.52. The van der Waals surface area contributed by atoms with Crippen LogP contribution in [0.3, 0.4) is 0 Å². The molecule has 1 heterocycles. The summed E-state index contributed by atoms with van der Waals surface area (Å²) in [6, 6.07) is 18.8. The SMILES string of the molecule is NCCC1CC(c2ccccc2)Oc2ccccc21. The van der Waals surface area contributed by atoms with Crippen molar-refractivity contribution in [3.05, 3.63) is 65.7 Å². The number of hydrogen-bond donors (Lipinski definition) is 1. The smallest absolute Gasteiger partial charge is 0.124 e. The molecule has 2 atom stereocenters. The zero-order valence-electron chi connectivity index (χ0n) is 11.0. The maximum absolute atomic E-state index is 6.15. The summed E-state index contributed by atoms with van der Waals surface area (Å²) in [6.45, 7) is 0.723. The second kappa shape index (κ2) is 5.45. The van der Waals surface area contributed by atoms with E-state index in [9.17, 15) is 0 Å². The van der Waals surface area contributed by atoms with Crippen molar-refractivity contribution in [2.75, 3.05) is 6.54 Å². The summed E-state index contributed by atoms with van der Waals surface area (Å²) in [5, 5.41) is 0. The first-order chi connectivity index (χ1) is 9.38. The van der Waals surface area contributed by atoms with Crippen LogP contribution in [0.5, 0.6) is 5.75 Å². The van der Waals surface area contributed by atoms with Crippen molar-refractivity contribution in [2.45, 2.75) is 24.9 Å². The fraction of sp³-hybridized carbons (Fsp3) is 0.294. The monoisotopic (exact) mass is 253 g/mol. The average Bonchev–Trinajstić information content (AvgIpc) is 2.48. The summed E-state index contributed by atoms with van der Waals surface area (Å²) >= 11 is 0. The van der Waals surface area contributed by atoms with Gasteiger partial charge in [0.25, 0.3) is 0 Å². The number of para-hydroxylation sites is 1. The Bertz CT molecular complexity index is 538. The predicted octanol–water partition coefficient (Wildman–Crippen LogP) is 3.64. The minimum Gasteiger partial charge on any atom is -0.485 e. The third-order valence-electron chi connectivity index (χ3n) is 3.81. The molecule has 98 valence electrons. The van der Waals surface area contributed by atoms with Gasteiger partial charge in [-0.1, -0.05) is 48.5 Å². The molecule has 0 radical (unpaired) electrons. The molecular weight excluding hydrogens is 234 g/mol. The highest BCUT2D eigenvalue weighted by molar-refractivity contribution is 5.39. The Morgan fingerprint density at radius 3 is 2.53 bits per heavy atom. The van der Waals surface area contributed by atoms with Gasteiger partial charge in [0.05, 0.1) is 0 Å². The van der Waals surface area contributed by atoms with Crippen LogP contribution in [-0.2, 0) is 0 Å². The molecular formula is C17H19NO. The molecule has 0 saturated carbocycles. The van der Waals surface area contributed by atoms with Crippen LogP contribution in [0, 0.1) is 0 Å². The van der Waals surface area contributed by atoms with Gasteiger partial charge in [0, 0.05) is 0 Å². The second-order valence-corrected chi connectivity index (χ2v) is 5.06. The van der Waals surface area contributed by atoms with Crippen molar-refractivity contribution < 1.29 is 4.74 Å². The lowest BCUT2D eigenvalue weighted by Gasteiger charge is -2.32. The van der Waals surface area contributed by atoms with E-state index < -0.39 is 0 Å². The van der Waals surface area contributed by atoms with Gasteiger partial charge in [0.2, 0.25) is 0 Å². The first kappa shape index (κ1) is 12.2. The normalized spacial score (nSPS) is 21.5. The van der Waals surface area contributed by atoms with Gasteiger partial charge < -0.3 is 10.5 Å². The fourth-order valence-corrected chi connectivity index (χ4v) is 2.86. The zero-order chi connectivity index (χ0) is 13.1. The topological polar surface area (TPSA) is 35.2 Å². The Morgan fingerprint density at radius 2 is 1.74 bits per heavy atom. The zero-order valence-corrected chi connectivity index (χ0v) is 11.0. The Labute approximate surface area is 114 Å². The van der Waals surface area contributed by atoms with Gasteiger partial charge in [0.15, 0.2) is 0 Å². The van der Waals surface area contributed by atoms with Gasteiger partial charge >= 0.3 is 0 Å². The van der Waals surface area contributed by atoms with Crippen molar-refractivity contribution in [1.29, 1.82) is 0 Å². The first-order valence-electron chi connectivity index (χ1n) is 6.89. The lowest BCUT2D eigenvalue weighted by Crippen LogP contribution is -2.21. The average molecular weight is 253 g/mol. The molecule has 0 fully saturated rings. The van der Waals surface area contributed by atoms with Crippen LogP contribution in [0.15, 0.2) is 54.6 Å². The Hall–Kier alpha value is -1.80. The number of rotatable bonds is 3. The molecule has 0 saturated heterocycles. The highest BCUT2D eigenvalue weighted by Gasteiger charge is 2.28. The van der Waals surface area contributed by atoms with E-state index in [1.165, 1.54) is 11.1 Å². The number of nitrogens with two attached hydrogens (primary N) is 1. The van der Waals surface area contributed by atoms with Crippen LogP contribution in [0.4, 0.5) is 0 Å². The molecule has 19 heavy (non-hydrogen) atoms. The largest absolute Gasteiger partial charge is 0.485 e. The molecule has 2 unspecified atom stereocenters. The molecule has 0 amide bonds. The van der Waals surface area contributed by atoms with Gasteiger partial charge in [-0.2, -0.15) is 0 Å². The second-order valence-electron chi connectivity index (χ2n) is 5.06. The standard InChI is InChI=1S/C17H19NO/c18-11-10-14-12-17(13-6-2-1-3-7-13)19-16-9-5-4-8-15(14)16/h1-9,14,17H,10-12,18H2. The minimum absolute atomic E-state index is 0.146. The molecule has 3 rings (SSSR count). The first-order valence-corrected chi connectivity index (χ1v) is 6.89. The minimum atomic E-state index is 0.146. The maximum Gasteiger partial charge on any atom is 0.124 e. The highest BCUT2D eigenvalue weighted by atomic mass is 16.5. The Morgan fingerprint density at radius 1 is 1.00 bits per heavy atom. The van der Waals surface area contributed by atoms with Crippen LogP contribution >= 0.6 is 0 Å². The van der Waals surface area contributed by atoms with E-state index in [4.69, 9.17) is 10.5 Å². The van der Waals surface area contributed by atoms with E-state index in [1.807, 2.05) is 12.1 Å². The number of fused-ring (bicyclic) bond motifs is 1. The molecule has 0 bridgehead atoms. The molecule has 2 heteroatoms. The van der Waals surface area contributed by atoms with Crippen molar-refractivity contribution in [3.63, 3.8) is 0 Å². The molecule has 0 spiro atoms. The van der Waals surface area contributed by atoms with E-state index in [2.05, 4.69) is 42.5 Å². The van der Waals surface area contributed by atoms with Crippen molar-refractivity contribution >= 4 is 0 Å². The van der Waals surface area contributed by atoms with Crippen molar-refractivity contribution in [3.8, 4) is 5.75 Å². The summed E-state index contributed by atoms with van der Waals surface area (Å²) < 4.78 is 6.15. The molecule has 2 nitrogen and oxygen atoms in total. The van der Waals surface area contributed by atoms with E-state index in [1.54, 1.807) is 0 Å². The number of benzene rings is 2. The molecule has 0 aliphatic carbocycles. The van der Waals surface area contributed by atoms with Crippen LogP contribution in [0.1, 0.15) is 36.0 Å². The lowest BCUT2D eigenvalue weighted by molar-refractivity contribution is 0.158. The van der Waals surface area contributed by atoms with Gasteiger partial charge in [-0.3, -0.25) is 0 Å². The van der Waals surface area contributed by atoms with Gasteiger partial charge in [0.1, 0.15) is 11.9 Å². The summed E-state index contributed by atoms with van der Waals surface area (Å²) in [6.07, 6.45) is 2.18. The van der Waals surface area contributed by atoms with Crippen LogP contribution in [-0.4, -0.2) is 6.54 Å². The molecule has 1 aliphatic heterocycles. The molecule has 2 aromatic rings. The molecule has 1 aliphatic rings. The lowest BCUT2D eigenvalue weighted by atomic mass is 9.85.